The predicted molar refractivity (Wildman–Crippen MR) is 96.0 cm³/mol. The Bertz CT molecular complexity index is 969. The summed E-state index contributed by atoms with van der Waals surface area (Å²) < 4.78 is 2.95. The van der Waals surface area contributed by atoms with E-state index < -0.39 is 0 Å². The van der Waals surface area contributed by atoms with Gasteiger partial charge in [0.2, 0.25) is 0 Å². The number of aromatic nitrogens is 1. The first kappa shape index (κ1) is 16.0. The van der Waals surface area contributed by atoms with E-state index in [9.17, 15) is 4.79 Å². The number of carbonyl (C=O) groups is 1. The van der Waals surface area contributed by atoms with E-state index in [4.69, 9.17) is 11.6 Å². The first-order valence-electron chi connectivity index (χ1n) is 7.33. The molecule has 23 heavy (non-hydrogen) atoms. The van der Waals surface area contributed by atoms with Gasteiger partial charge in [0.15, 0.2) is 4.80 Å². The van der Waals surface area contributed by atoms with E-state index in [1.807, 2.05) is 48.0 Å². The standard InChI is InChI=1S/C18H17ClN2OS/c1-11-4-5-13(8-12(11)2)9-17(22)20-18-21(3)15-7-6-14(19)10-16(15)23-18/h4-8,10H,9H2,1-3H3. The lowest BCUT2D eigenvalue weighted by atomic mass is 10.0. The van der Waals surface area contributed by atoms with Gasteiger partial charge in [-0.15, -0.1) is 0 Å². The van der Waals surface area contributed by atoms with Crippen molar-refractivity contribution in [3.05, 3.63) is 62.9 Å². The molecule has 0 radical (unpaired) electrons. The van der Waals surface area contributed by atoms with Crippen molar-refractivity contribution in [2.24, 2.45) is 12.0 Å². The van der Waals surface area contributed by atoms with Crippen molar-refractivity contribution in [2.75, 3.05) is 0 Å². The van der Waals surface area contributed by atoms with Crippen LogP contribution >= 0.6 is 22.9 Å². The van der Waals surface area contributed by atoms with E-state index >= 15 is 0 Å². The first-order chi connectivity index (χ1) is 10.9. The fraction of sp³-hybridized carbons (Fsp3) is 0.222. The largest absolute Gasteiger partial charge is 0.319 e. The number of benzene rings is 2. The molecule has 1 amide bonds. The monoisotopic (exact) mass is 344 g/mol. The number of rotatable bonds is 2. The summed E-state index contributed by atoms with van der Waals surface area (Å²) >= 11 is 7.49. The van der Waals surface area contributed by atoms with Crippen LogP contribution in [0.15, 0.2) is 41.4 Å². The average Bonchev–Trinajstić information content (AvgIpc) is 2.78. The highest BCUT2D eigenvalue weighted by Crippen LogP contribution is 2.21. The lowest BCUT2D eigenvalue weighted by Gasteiger charge is -2.02. The van der Waals surface area contributed by atoms with E-state index in [1.54, 1.807) is 0 Å². The summed E-state index contributed by atoms with van der Waals surface area (Å²) in [5.41, 5.74) is 4.44. The summed E-state index contributed by atoms with van der Waals surface area (Å²) in [5, 5.41) is 0.687. The molecule has 0 aliphatic heterocycles. The van der Waals surface area contributed by atoms with Gasteiger partial charge in [-0.1, -0.05) is 41.1 Å². The van der Waals surface area contributed by atoms with Crippen molar-refractivity contribution in [3.63, 3.8) is 0 Å². The van der Waals surface area contributed by atoms with Gasteiger partial charge in [0.05, 0.1) is 16.6 Å². The van der Waals surface area contributed by atoms with Crippen LogP contribution in [0.3, 0.4) is 0 Å². The van der Waals surface area contributed by atoms with Gasteiger partial charge >= 0.3 is 0 Å². The predicted octanol–water partition coefficient (Wildman–Crippen LogP) is 4.18. The molecular formula is C18H17ClN2OS. The smallest absolute Gasteiger partial charge is 0.252 e. The van der Waals surface area contributed by atoms with E-state index in [0.717, 1.165) is 15.8 Å². The Morgan fingerprint density at radius 2 is 1.96 bits per heavy atom. The Labute approximate surface area is 143 Å². The molecule has 0 saturated heterocycles. The summed E-state index contributed by atoms with van der Waals surface area (Å²) in [6, 6.07) is 11.8. The fourth-order valence-corrected chi connectivity index (χ4v) is 3.76. The fourth-order valence-electron chi connectivity index (χ4n) is 2.45. The third kappa shape index (κ3) is 3.38. The summed E-state index contributed by atoms with van der Waals surface area (Å²) in [7, 11) is 1.91. The van der Waals surface area contributed by atoms with Crippen LogP contribution in [0, 0.1) is 13.8 Å². The maximum atomic E-state index is 12.3. The van der Waals surface area contributed by atoms with Gasteiger partial charge < -0.3 is 4.57 Å². The molecule has 0 spiro atoms. The van der Waals surface area contributed by atoms with Crippen LogP contribution in [0.1, 0.15) is 16.7 Å². The highest BCUT2D eigenvalue weighted by atomic mass is 35.5. The molecule has 0 aliphatic carbocycles. The van der Waals surface area contributed by atoms with Crippen molar-refractivity contribution < 1.29 is 4.79 Å². The molecule has 3 aromatic rings. The van der Waals surface area contributed by atoms with Crippen molar-refractivity contribution in [3.8, 4) is 0 Å². The quantitative estimate of drug-likeness (QED) is 0.686. The molecule has 0 unspecified atom stereocenters. The molecule has 1 heterocycles. The SMILES string of the molecule is Cc1ccc(CC(=O)N=c2sc3cc(Cl)ccc3n2C)cc1C. The first-order valence-corrected chi connectivity index (χ1v) is 8.52. The molecule has 3 nitrogen and oxygen atoms in total. The van der Waals surface area contributed by atoms with Crippen LogP contribution in [-0.2, 0) is 18.3 Å². The highest BCUT2D eigenvalue weighted by molar-refractivity contribution is 7.16. The van der Waals surface area contributed by atoms with Crippen LogP contribution < -0.4 is 4.80 Å². The number of halogens is 1. The molecule has 0 bridgehead atoms. The maximum absolute atomic E-state index is 12.3. The molecule has 1 aromatic heterocycles. The summed E-state index contributed by atoms with van der Waals surface area (Å²) in [4.78, 5) is 17.2. The number of nitrogens with zero attached hydrogens (tertiary/aromatic N) is 2. The van der Waals surface area contributed by atoms with Crippen molar-refractivity contribution in [1.29, 1.82) is 0 Å². The van der Waals surface area contributed by atoms with Crippen LogP contribution in [0.25, 0.3) is 10.2 Å². The second kappa shape index (κ2) is 6.30. The Morgan fingerprint density at radius 1 is 1.17 bits per heavy atom. The topological polar surface area (TPSA) is 34.4 Å². The second-order valence-electron chi connectivity index (χ2n) is 5.66. The molecular weight excluding hydrogens is 328 g/mol. The van der Waals surface area contributed by atoms with Gasteiger partial charge in [-0.05, 0) is 48.7 Å². The van der Waals surface area contributed by atoms with Gasteiger partial charge in [-0.25, -0.2) is 0 Å². The number of aryl methyl sites for hydroxylation is 3. The number of carbonyl (C=O) groups excluding carboxylic acids is 1. The lowest BCUT2D eigenvalue weighted by molar-refractivity contribution is -0.117. The van der Waals surface area contributed by atoms with E-state index in [1.165, 1.54) is 22.5 Å². The molecule has 118 valence electrons. The average molecular weight is 345 g/mol. The second-order valence-corrected chi connectivity index (χ2v) is 7.10. The lowest BCUT2D eigenvalue weighted by Crippen LogP contribution is -2.14. The van der Waals surface area contributed by atoms with Crippen LogP contribution in [0.2, 0.25) is 5.02 Å². The minimum Gasteiger partial charge on any atom is -0.319 e. The number of hydrogen-bond donors (Lipinski definition) is 0. The van der Waals surface area contributed by atoms with E-state index in [-0.39, 0.29) is 5.91 Å². The normalized spacial score (nSPS) is 12.1. The maximum Gasteiger partial charge on any atom is 0.252 e. The summed E-state index contributed by atoms with van der Waals surface area (Å²) in [5.74, 6) is -0.137. The van der Waals surface area contributed by atoms with Crippen LogP contribution in [-0.4, -0.2) is 10.5 Å². The van der Waals surface area contributed by atoms with Gasteiger partial charge in [-0.3, -0.25) is 4.79 Å². The third-order valence-electron chi connectivity index (χ3n) is 3.92. The molecule has 0 saturated carbocycles. The van der Waals surface area contributed by atoms with Gasteiger partial charge in [0.1, 0.15) is 0 Å². The van der Waals surface area contributed by atoms with Crippen LogP contribution in [0.4, 0.5) is 0 Å². The molecule has 0 atom stereocenters. The number of thiazole rings is 1. The van der Waals surface area contributed by atoms with Crippen molar-refractivity contribution in [1.82, 2.24) is 4.57 Å². The minimum absolute atomic E-state index is 0.137. The number of hydrogen-bond acceptors (Lipinski definition) is 2. The number of fused-ring (bicyclic) bond motifs is 1. The molecule has 2 aromatic carbocycles. The van der Waals surface area contributed by atoms with Crippen molar-refractivity contribution in [2.45, 2.75) is 20.3 Å². The molecule has 5 heteroatoms. The Kier molecular flexibility index (Phi) is 4.37. The van der Waals surface area contributed by atoms with E-state index in [0.29, 0.717) is 16.2 Å². The molecule has 0 N–H and O–H groups in total. The van der Waals surface area contributed by atoms with Crippen molar-refractivity contribution >= 4 is 39.1 Å². The Hall–Kier alpha value is -1.91. The van der Waals surface area contributed by atoms with E-state index in [2.05, 4.69) is 18.8 Å². The highest BCUT2D eigenvalue weighted by Gasteiger charge is 2.07. The van der Waals surface area contributed by atoms with Gasteiger partial charge in [0, 0.05) is 12.1 Å². The summed E-state index contributed by atoms with van der Waals surface area (Å²) in [6.45, 7) is 4.11. The van der Waals surface area contributed by atoms with Gasteiger partial charge in [-0.2, -0.15) is 4.99 Å². The summed E-state index contributed by atoms with van der Waals surface area (Å²) in [6.07, 6.45) is 0.316. The minimum atomic E-state index is -0.137. The molecule has 0 aliphatic rings. The third-order valence-corrected chi connectivity index (χ3v) is 5.25. The number of amides is 1. The van der Waals surface area contributed by atoms with Gasteiger partial charge in [0.25, 0.3) is 5.91 Å². The zero-order valence-electron chi connectivity index (χ0n) is 13.3. The zero-order valence-corrected chi connectivity index (χ0v) is 14.8. The Morgan fingerprint density at radius 3 is 2.70 bits per heavy atom. The zero-order chi connectivity index (χ0) is 16.6. The Balaban J connectivity index is 1.93. The molecule has 3 rings (SSSR count). The molecule has 0 fully saturated rings. The van der Waals surface area contributed by atoms with Crippen LogP contribution in [0.5, 0.6) is 0 Å².